The molecule has 2 N–H and O–H groups in total. The van der Waals surface area contributed by atoms with Crippen LogP contribution in [0.4, 0.5) is 14.5 Å². The molecule has 0 unspecified atom stereocenters. The Bertz CT molecular complexity index is 1460. The molecule has 0 bridgehead atoms. The Morgan fingerprint density at radius 1 is 1.06 bits per heavy atom. The van der Waals surface area contributed by atoms with Crippen molar-refractivity contribution in [2.24, 2.45) is 0 Å². The molecule has 0 spiro atoms. The van der Waals surface area contributed by atoms with Gasteiger partial charge in [0.2, 0.25) is 5.91 Å². The first kappa shape index (κ1) is 22.7. The molecule has 0 fully saturated rings. The second-order valence-electron chi connectivity index (χ2n) is 7.23. The van der Waals surface area contributed by atoms with Gasteiger partial charge >= 0.3 is 12.3 Å². The number of para-hydroxylation sites is 1. The van der Waals surface area contributed by atoms with E-state index in [-0.39, 0.29) is 16.8 Å². The summed E-state index contributed by atoms with van der Waals surface area (Å²) in [5.41, 5.74) is 0.166. The highest BCUT2D eigenvalue weighted by Crippen LogP contribution is 2.34. The molecule has 0 aliphatic carbocycles. The van der Waals surface area contributed by atoms with Crippen LogP contribution in [0, 0.1) is 0 Å². The number of aromatic amines is 1. The normalized spacial score (nSPS) is 10.9. The lowest BCUT2D eigenvalue weighted by Gasteiger charge is -2.14. The summed E-state index contributed by atoms with van der Waals surface area (Å²) in [6.07, 6.45) is 0. The average molecular weight is 467 g/mol. The molecule has 1 amide bonds. The summed E-state index contributed by atoms with van der Waals surface area (Å²) in [5.74, 6) is -0.151. The van der Waals surface area contributed by atoms with Gasteiger partial charge in [0, 0.05) is 11.3 Å². The summed E-state index contributed by atoms with van der Waals surface area (Å²) in [4.78, 5) is 40.1. The van der Waals surface area contributed by atoms with Gasteiger partial charge in [-0.3, -0.25) is 14.2 Å². The summed E-state index contributed by atoms with van der Waals surface area (Å²) >= 11 is 0. The monoisotopic (exact) mass is 467 g/mol. The molecule has 4 rings (SSSR count). The van der Waals surface area contributed by atoms with E-state index in [9.17, 15) is 23.2 Å². The van der Waals surface area contributed by atoms with Gasteiger partial charge in [0.1, 0.15) is 18.0 Å². The van der Waals surface area contributed by atoms with Crippen LogP contribution in [0.3, 0.4) is 0 Å². The quantitative estimate of drug-likeness (QED) is 0.432. The lowest BCUT2D eigenvalue weighted by molar-refractivity contribution is -0.116. The molecular weight excluding hydrogens is 448 g/mol. The van der Waals surface area contributed by atoms with Crippen molar-refractivity contribution in [2.75, 3.05) is 12.4 Å². The van der Waals surface area contributed by atoms with E-state index in [2.05, 4.69) is 15.0 Å². The molecule has 10 heteroatoms. The van der Waals surface area contributed by atoms with Crippen LogP contribution in [0.2, 0.25) is 0 Å². The summed E-state index contributed by atoms with van der Waals surface area (Å²) in [5, 5.41) is 2.86. The van der Waals surface area contributed by atoms with E-state index in [1.165, 1.54) is 25.3 Å². The predicted octanol–water partition coefficient (Wildman–Crippen LogP) is 3.61. The van der Waals surface area contributed by atoms with Crippen molar-refractivity contribution in [1.29, 1.82) is 0 Å². The molecule has 0 saturated heterocycles. The zero-order valence-corrected chi connectivity index (χ0v) is 17.9. The Labute approximate surface area is 191 Å². The molecule has 4 aromatic rings. The van der Waals surface area contributed by atoms with Crippen molar-refractivity contribution in [2.45, 2.75) is 13.2 Å². The third-order valence-corrected chi connectivity index (χ3v) is 5.07. The van der Waals surface area contributed by atoms with Crippen LogP contribution < -0.4 is 26.0 Å². The van der Waals surface area contributed by atoms with Crippen LogP contribution in [0.15, 0.2) is 76.3 Å². The first-order valence-electron chi connectivity index (χ1n) is 10.1. The van der Waals surface area contributed by atoms with Gasteiger partial charge in [0.15, 0.2) is 0 Å². The number of H-pyrrole nitrogens is 1. The molecule has 34 heavy (non-hydrogen) atoms. The van der Waals surface area contributed by atoms with Crippen molar-refractivity contribution in [3.63, 3.8) is 0 Å². The molecule has 0 atom stereocenters. The summed E-state index contributed by atoms with van der Waals surface area (Å²) in [6.45, 7) is -3.57. The Hall–Kier alpha value is -4.47. The highest BCUT2D eigenvalue weighted by molar-refractivity contribution is 5.92. The number of anilines is 1. The van der Waals surface area contributed by atoms with Gasteiger partial charge in [-0.15, -0.1) is 0 Å². The molecule has 0 aliphatic rings. The average Bonchev–Trinajstić information content (AvgIpc) is 2.82. The Kier molecular flexibility index (Phi) is 6.39. The van der Waals surface area contributed by atoms with Crippen molar-refractivity contribution in [3.05, 3.63) is 87.6 Å². The van der Waals surface area contributed by atoms with E-state index in [0.717, 1.165) is 4.57 Å². The third-order valence-electron chi connectivity index (χ3n) is 5.07. The molecule has 174 valence electrons. The van der Waals surface area contributed by atoms with Gasteiger partial charge in [-0.1, -0.05) is 24.3 Å². The van der Waals surface area contributed by atoms with Crippen molar-refractivity contribution in [1.82, 2.24) is 9.55 Å². The highest BCUT2D eigenvalue weighted by Gasteiger charge is 2.15. The minimum Gasteiger partial charge on any atom is -0.497 e. The number of nitrogens with zero attached hydrogens (tertiary/aromatic N) is 1. The number of hydrogen-bond donors (Lipinski definition) is 2. The van der Waals surface area contributed by atoms with Crippen molar-refractivity contribution >= 4 is 22.5 Å². The fourth-order valence-electron chi connectivity index (χ4n) is 3.49. The maximum absolute atomic E-state index is 12.9. The summed E-state index contributed by atoms with van der Waals surface area (Å²) in [7, 11) is 1.50. The van der Waals surface area contributed by atoms with Crippen molar-refractivity contribution < 1.29 is 23.0 Å². The van der Waals surface area contributed by atoms with E-state index in [1.807, 2.05) is 0 Å². The predicted molar refractivity (Wildman–Crippen MR) is 123 cm³/mol. The number of hydrogen-bond acceptors (Lipinski definition) is 5. The van der Waals surface area contributed by atoms with Crippen LogP contribution in [0.5, 0.6) is 11.5 Å². The molecule has 1 heterocycles. The van der Waals surface area contributed by atoms with E-state index >= 15 is 0 Å². The SMILES string of the molecule is COc1ccc(-c2cc(NC(=O)Cn3c(=O)[nH]c4ccccc4c3=O)ccc2OC(F)F)cc1. The topological polar surface area (TPSA) is 102 Å². The minimum atomic E-state index is -3.04. The van der Waals surface area contributed by atoms with Gasteiger partial charge < -0.3 is 19.8 Å². The smallest absolute Gasteiger partial charge is 0.387 e. The minimum absolute atomic E-state index is 0.0830. The molecule has 0 saturated carbocycles. The largest absolute Gasteiger partial charge is 0.497 e. The molecular formula is C24H19F2N3O5. The number of methoxy groups -OCH3 is 1. The van der Waals surface area contributed by atoms with Gasteiger partial charge in [0.25, 0.3) is 5.56 Å². The van der Waals surface area contributed by atoms with Crippen molar-refractivity contribution in [3.8, 4) is 22.6 Å². The third kappa shape index (κ3) is 4.80. The number of aromatic nitrogens is 2. The molecule has 0 aliphatic heterocycles. The number of fused-ring (bicyclic) bond motifs is 1. The van der Waals surface area contributed by atoms with Gasteiger partial charge in [0.05, 0.1) is 18.0 Å². The van der Waals surface area contributed by atoms with E-state index in [1.54, 1.807) is 48.5 Å². The van der Waals surface area contributed by atoms with Crippen LogP contribution >= 0.6 is 0 Å². The fraction of sp³-hybridized carbons (Fsp3) is 0.125. The molecule has 1 aromatic heterocycles. The number of rotatable bonds is 7. The Morgan fingerprint density at radius 3 is 2.50 bits per heavy atom. The van der Waals surface area contributed by atoms with E-state index in [4.69, 9.17) is 4.74 Å². The number of halogens is 2. The number of alkyl halides is 2. The second-order valence-corrected chi connectivity index (χ2v) is 7.23. The Morgan fingerprint density at radius 2 is 1.79 bits per heavy atom. The van der Waals surface area contributed by atoms with Crippen LogP contribution in [0.1, 0.15) is 0 Å². The first-order valence-corrected chi connectivity index (χ1v) is 10.1. The van der Waals surface area contributed by atoms with Gasteiger partial charge in [-0.25, -0.2) is 4.79 Å². The zero-order valence-electron chi connectivity index (χ0n) is 17.9. The summed E-state index contributed by atoms with van der Waals surface area (Å²) in [6, 6.07) is 17.2. The number of amides is 1. The molecule has 8 nitrogen and oxygen atoms in total. The first-order chi connectivity index (χ1) is 16.4. The zero-order chi connectivity index (χ0) is 24.2. The van der Waals surface area contributed by atoms with Crippen LogP contribution in [0.25, 0.3) is 22.0 Å². The molecule has 0 radical (unpaired) electrons. The second kappa shape index (κ2) is 9.57. The highest BCUT2D eigenvalue weighted by atomic mass is 19.3. The number of benzene rings is 3. The fourth-order valence-corrected chi connectivity index (χ4v) is 3.49. The Balaban J connectivity index is 1.62. The standard InChI is InChI=1S/C24H19F2N3O5/c1-33-16-9-6-14(7-10-16)18-12-15(8-11-20(18)34-23(25)26)27-21(30)13-29-22(31)17-4-2-3-5-19(17)28-24(29)32/h2-12,23H,13H2,1H3,(H,27,30)(H,28,32). The molecule has 3 aromatic carbocycles. The lowest BCUT2D eigenvalue weighted by Crippen LogP contribution is -2.38. The number of carbonyl (C=O) groups is 1. The summed E-state index contributed by atoms with van der Waals surface area (Å²) < 4.78 is 36.3. The number of ether oxygens (including phenoxy) is 2. The number of carbonyl (C=O) groups excluding carboxylic acids is 1. The van der Waals surface area contributed by atoms with E-state index < -0.39 is 30.3 Å². The lowest BCUT2D eigenvalue weighted by atomic mass is 10.0. The maximum atomic E-state index is 12.9. The van der Waals surface area contributed by atoms with Gasteiger partial charge in [-0.05, 0) is 48.0 Å². The maximum Gasteiger partial charge on any atom is 0.387 e. The van der Waals surface area contributed by atoms with Crippen LogP contribution in [-0.4, -0.2) is 29.2 Å². The van der Waals surface area contributed by atoms with Crippen LogP contribution in [-0.2, 0) is 11.3 Å². The van der Waals surface area contributed by atoms with Gasteiger partial charge in [-0.2, -0.15) is 8.78 Å². The number of nitrogens with one attached hydrogen (secondary N) is 2. The van der Waals surface area contributed by atoms with E-state index in [0.29, 0.717) is 22.4 Å².